The smallest absolute Gasteiger partial charge is 0.306 e. The number of phenols is 1. The molecule has 0 unspecified atom stereocenters. The number of hydrogen-bond donors (Lipinski definition) is 1. The number of aromatic nitrogens is 1. The Morgan fingerprint density at radius 2 is 1.52 bits per heavy atom. The minimum Gasteiger partial charge on any atom is -0.508 e. The van der Waals surface area contributed by atoms with Crippen LogP contribution in [0.5, 0.6) is 17.2 Å². The summed E-state index contributed by atoms with van der Waals surface area (Å²) in [6.45, 7) is 5.40. The van der Waals surface area contributed by atoms with Gasteiger partial charge in [0.05, 0.1) is 25.9 Å². The van der Waals surface area contributed by atoms with E-state index >= 15 is 0 Å². The normalized spacial score (nSPS) is 17.0. The molecular weight excluding hydrogens is 711 g/mol. The van der Waals surface area contributed by atoms with Crippen molar-refractivity contribution < 1.29 is 43.1 Å². The van der Waals surface area contributed by atoms with Gasteiger partial charge in [-0.15, -0.1) is 0 Å². The van der Waals surface area contributed by atoms with Crippen LogP contribution in [0.3, 0.4) is 0 Å². The molecule has 5 rings (SSSR count). The summed E-state index contributed by atoms with van der Waals surface area (Å²) in [6, 6.07) is 26.8. The standard InChI is InChI=1S/C46H53NO9/c1-3-51-43(49)23-9-5-7-16-36-33-55-46(56-45(36)39-19-11-13-21-41(39)48)40-20-12-14-22-42(40)54-31-30-53-37-27-25-34(26-28-37)38(35-17-15-29-47-32-35)18-8-6-10-24-44(50)52-4-2/h5,7,11-15,17-22,25-29,32,36,45-46,48H,3-4,6,8-10,16,23-24,30-31,33H2,1-2H3/b7-5-,38-18+/t36-,45+,46+/m1/s1. The molecule has 1 N–H and O–H groups in total. The molecule has 56 heavy (non-hydrogen) atoms. The van der Waals surface area contributed by atoms with Gasteiger partial charge in [-0.3, -0.25) is 14.6 Å². The van der Waals surface area contributed by atoms with Gasteiger partial charge in [-0.2, -0.15) is 0 Å². The second-order valence-corrected chi connectivity index (χ2v) is 13.3. The third-order valence-corrected chi connectivity index (χ3v) is 9.24. The van der Waals surface area contributed by atoms with E-state index < -0.39 is 12.4 Å². The van der Waals surface area contributed by atoms with E-state index in [-0.39, 0.29) is 23.6 Å². The molecule has 3 aromatic carbocycles. The van der Waals surface area contributed by atoms with Crippen LogP contribution in [0.15, 0.2) is 116 Å². The number of esters is 2. The third kappa shape index (κ3) is 12.8. The van der Waals surface area contributed by atoms with E-state index in [1.54, 1.807) is 25.3 Å². The highest BCUT2D eigenvalue weighted by Crippen LogP contribution is 2.44. The molecule has 0 amide bonds. The number of pyridine rings is 1. The molecule has 3 atom stereocenters. The van der Waals surface area contributed by atoms with Crippen molar-refractivity contribution in [2.24, 2.45) is 5.92 Å². The van der Waals surface area contributed by atoms with Crippen LogP contribution in [-0.4, -0.2) is 55.1 Å². The van der Waals surface area contributed by atoms with Crippen molar-refractivity contribution in [2.75, 3.05) is 33.0 Å². The molecule has 1 fully saturated rings. The lowest BCUT2D eigenvalue weighted by Gasteiger charge is -2.37. The average molecular weight is 764 g/mol. The number of phenolic OH excluding ortho intramolecular Hbond substituents is 1. The maximum absolute atomic E-state index is 11.7. The molecule has 1 aromatic heterocycles. The zero-order valence-electron chi connectivity index (χ0n) is 32.3. The van der Waals surface area contributed by atoms with Gasteiger partial charge in [0.15, 0.2) is 6.29 Å². The zero-order chi connectivity index (χ0) is 39.4. The lowest BCUT2D eigenvalue weighted by atomic mass is 9.91. The van der Waals surface area contributed by atoms with Gasteiger partial charge in [-0.1, -0.05) is 72.8 Å². The number of allylic oxidation sites excluding steroid dienone is 3. The van der Waals surface area contributed by atoms with Crippen LogP contribution in [0.25, 0.3) is 5.57 Å². The summed E-state index contributed by atoms with van der Waals surface area (Å²) >= 11 is 0. The number of nitrogens with zero attached hydrogens (tertiary/aromatic N) is 1. The fraction of sp³-hybridized carbons (Fsp3) is 0.370. The van der Waals surface area contributed by atoms with E-state index in [0.29, 0.717) is 70.0 Å². The number of para-hydroxylation sites is 2. The van der Waals surface area contributed by atoms with Crippen molar-refractivity contribution in [2.45, 2.75) is 71.2 Å². The summed E-state index contributed by atoms with van der Waals surface area (Å²) in [5.41, 5.74) is 4.58. The summed E-state index contributed by atoms with van der Waals surface area (Å²) in [7, 11) is 0. The first-order chi connectivity index (χ1) is 27.5. The van der Waals surface area contributed by atoms with Crippen LogP contribution in [0.2, 0.25) is 0 Å². The Morgan fingerprint density at radius 1 is 0.786 bits per heavy atom. The summed E-state index contributed by atoms with van der Waals surface area (Å²) in [6.07, 6.45) is 13.1. The number of carbonyl (C=O) groups excluding carboxylic acids is 2. The van der Waals surface area contributed by atoms with Crippen molar-refractivity contribution in [1.29, 1.82) is 0 Å². The van der Waals surface area contributed by atoms with Gasteiger partial charge in [0.25, 0.3) is 0 Å². The fourth-order valence-corrected chi connectivity index (χ4v) is 6.48. The number of aromatic hydroxyl groups is 1. The molecule has 2 heterocycles. The Balaban J connectivity index is 1.17. The molecule has 10 heteroatoms. The van der Waals surface area contributed by atoms with E-state index in [4.69, 9.17) is 28.4 Å². The minimum atomic E-state index is -0.715. The van der Waals surface area contributed by atoms with Crippen molar-refractivity contribution >= 4 is 17.5 Å². The molecular formula is C46H53NO9. The summed E-state index contributed by atoms with van der Waals surface area (Å²) in [5, 5.41) is 10.8. The van der Waals surface area contributed by atoms with E-state index in [2.05, 4.69) is 11.1 Å². The quantitative estimate of drug-likeness (QED) is 0.0499. The summed E-state index contributed by atoms with van der Waals surface area (Å²) < 4.78 is 35.2. The van der Waals surface area contributed by atoms with Crippen LogP contribution >= 0.6 is 0 Å². The molecule has 0 radical (unpaired) electrons. The maximum atomic E-state index is 11.7. The zero-order valence-corrected chi connectivity index (χ0v) is 32.3. The van der Waals surface area contributed by atoms with Gasteiger partial charge in [-0.05, 0) is 87.4 Å². The van der Waals surface area contributed by atoms with E-state index in [0.717, 1.165) is 47.3 Å². The van der Waals surface area contributed by atoms with Gasteiger partial charge >= 0.3 is 11.9 Å². The Kier molecular flexibility index (Phi) is 17.0. The first-order valence-electron chi connectivity index (χ1n) is 19.5. The summed E-state index contributed by atoms with van der Waals surface area (Å²) in [4.78, 5) is 27.7. The molecule has 0 bridgehead atoms. The van der Waals surface area contributed by atoms with Gasteiger partial charge < -0.3 is 33.5 Å². The first-order valence-corrected chi connectivity index (χ1v) is 19.5. The Labute approximate surface area is 330 Å². The number of rotatable bonds is 21. The van der Waals surface area contributed by atoms with Crippen LogP contribution in [-0.2, 0) is 28.5 Å². The molecule has 0 saturated carbocycles. The molecule has 0 spiro atoms. The molecule has 4 aromatic rings. The minimum absolute atomic E-state index is 0.0648. The van der Waals surface area contributed by atoms with E-state index in [1.165, 1.54) is 0 Å². The lowest BCUT2D eigenvalue weighted by molar-refractivity contribution is -0.244. The predicted molar refractivity (Wildman–Crippen MR) is 214 cm³/mol. The predicted octanol–water partition coefficient (Wildman–Crippen LogP) is 9.49. The Bertz CT molecular complexity index is 1860. The van der Waals surface area contributed by atoms with Crippen molar-refractivity contribution in [3.05, 3.63) is 138 Å². The Morgan fingerprint density at radius 3 is 2.27 bits per heavy atom. The maximum Gasteiger partial charge on any atom is 0.306 e. The van der Waals surface area contributed by atoms with E-state index in [9.17, 15) is 14.7 Å². The Hall–Kier alpha value is -5.45. The van der Waals surface area contributed by atoms with Gasteiger partial charge in [0.1, 0.15) is 30.5 Å². The number of carbonyl (C=O) groups is 2. The second kappa shape index (κ2) is 22.8. The van der Waals surface area contributed by atoms with Crippen LogP contribution in [0.4, 0.5) is 0 Å². The third-order valence-electron chi connectivity index (χ3n) is 9.24. The molecule has 10 nitrogen and oxygen atoms in total. The topological polar surface area (TPSA) is 123 Å². The van der Waals surface area contributed by atoms with Crippen molar-refractivity contribution in [1.82, 2.24) is 4.98 Å². The molecule has 1 aliphatic rings. The highest BCUT2D eigenvalue weighted by Gasteiger charge is 2.35. The molecule has 0 aliphatic carbocycles. The highest BCUT2D eigenvalue weighted by atomic mass is 16.7. The van der Waals surface area contributed by atoms with E-state index in [1.807, 2.05) is 98.1 Å². The average Bonchev–Trinajstić information content (AvgIpc) is 3.22. The summed E-state index contributed by atoms with van der Waals surface area (Å²) in [5.74, 6) is 1.08. The van der Waals surface area contributed by atoms with Gasteiger partial charge in [-0.25, -0.2) is 0 Å². The van der Waals surface area contributed by atoms with Crippen LogP contribution < -0.4 is 9.47 Å². The van der Waals surface area contributed by atoms with Gasteiger partial charge in [0, 0.05) is 47.8 Å². The highest BCUT2D eigenvalue weighted by molar-refractivity contribution is 5.79. The first kappa shape index (κ1) is 41.7. The van der Waals surface area contributed by atoms with Crippen LogP contribution in [0.1, 0.15) is 93.4 Å². The largest absolute Gasteiger partial charge is 0.508 e. The molecule has 296 valence electrons. The number of benzene rings is 3. The fourth-order valence-electron chi connectivity index (χ4n) is 6.48. The van der Waals surface area contributed by atoms with Gasteiger partial charge in [0.2, 0.25) is 0 Å². The monoisotopic (exact) mass is 763 g/mol. The van der Waals surface area contributed by atoms with Crippen LogP contribution in [0, 0.1) is 5.92 Å². The second-order valence-electron chi connectivity index (χ2n) is 13.3. The lowest BCUT2D eigenvalue weighted by Crippen LogP contribution is -2.30. The number of hydrogen-bond acceptors (Lipinski definition) is 10. The number of ether oxygens (including phenoxy) is 6. The van der Waals surface area contributed by atoms with Crippen molar-refractivity contribution in [3.8, 4) is 17.2 Å². The SMILES string of the molecule is CCOC(=O)CC/C=C\C[C@@H]1CO[C@H](c2ccccc2OCCOc2ccc(/C(=C\CCCCC(=O)OCC)c3cccnc3)cc2)O[C@@H]1c1ccccc1O. The molecule has 1 saturated heterocycles. The molecule has 1 aliphatic heterocycles. The number of unbranched alkanes of at least 4 members (excludes halogenated alkanes) is 2. The van der Waals surface area contributed by atoms with Crippen molar-refractivity contribution in [3.63, 3.8) is 0 Å².